The molecule has 0 saturated heterocycles. The molecular weight excluding hydrogens is 256 g/mol. The van der Waals surface area contributed by atoms with Gasteiger partial charge in [0.25, 0.3) is 0 Å². The molecule has 0 atom stereocenters. The third-order valence-electron chi connectivity index (χ3n) is 3.12. The molecule has 0 aliphatic heterocycles. The lowest BCUT2D eigenvalue weighted by atomic mass is 10.1. The lowest BCUT2D eigenvalue weighted by Crippen LogP contribution is -2.19. The first-order valence-electron chi connectivity index (χ1n) is 6.13. The second kappa shape index (κ2) is 5.99. The van der Waals surface area contributed by atoms with Crippen LogP contribution in [0.25, 0.3) is 0 Å². The minimum Gasteiger partial charge on any atom is -0.388 e. The molecule has 0 heterocycles. The van der Waals surface area contributed by atoms with E-state index in [9.17, 15) is 5.21 Å². The summed E-state index contributed by atoms with van der Waals surface area (Å²) in [4.78, 5) is 0.829. The normalized spacial score (nSPS) is 10.3. The fourth-order valence-electron chi connectivity index (χ4n) is 2.04. The second-order valence-electron chi connectivity index (χ2n) is 4.43. The summed E-state index contributed by atoms with van der Waals surface area (Å²) in [7, 11) is 1.88. The SMILES string of the molecule is CNc1cccc(C)c1CN(O)c1cccc(S)c1. The van der Waals surface area contributed by atoms with E-state index in [2.05, 4.69) is 17.9 Å². The molecule has 0 amide bonds. The lowest BCUT2D eigenvalue weighted by Gasteiger charge is -2.20. The van der Waals surface area contributed by atoms with E-state index in [4.69, 9.17) is 0 Å². The van der Waals surface area contributed by atoms with Crippen molar-refractivity contribution < 1.29 is 5.21 Å². The molecule has 0 unspecified atom stereocenters. The number of thiol groups is 1. The van der Waals surface area contributed by atoms with Crippen LogP contribution in [0.2, 0.25) is 0 Å². The van der Waals surface area contributed by atoms with Crippen LogP contribution in [0.4, 0.5) is 11.4 Å². The molecule has 0 fully saturated rings. The van der Waals surface area contributed by atoms with Gasteiger partial charge in [-0.05, 0) is 36.8 Å². The van der Waals surface area contributed by atoms with Gasteiger partial charge in [0.2, 0.25) is 0 Å². The molecule has 2 rings (SSSR count). The number of nitrogens with zero attached hydrogens (tertiary/aromatic N) is 1. The van der Waals surface area contributed by atoms with Crippen molar-refractivity contribution in [1.82, 2.24) is 0 Å². The van der Waals surface area contributed by atoms with Crippen LogP contribution in [0.5, 0.6) is 0 Å². The first-order chi connectivity index (χ1) is 9.11. The predicted molar refractivity (Wildman–Crippen MR) is 82.4 cm³/mol. The number of rotatable bonds is 4. The molecule has 2 N–H and O–H groups in total. The zero-order valence-corrected chi connectivity index (χ0v) is 12.0. The Morgan fingerprint density at radius 2 is 1.95 bits per heavy atom. The summed E-state index contributed by atoms with van der Waals surface area (Å²) in [6.45, 7) is 2.47. The summed E-state index contributed by atoms with van der Waals surface area (Å²) < 4.78 is 0. The van der Waals surface area contributed by atoms with Crippen molar-refractivity contribution in [3.05, 3.63) is 53.6 Å². The van der Waals surface area contributed by atoms with Crippen LogP contribution < -0.4 is 10.4 Å². The van der Waals surface area contributed by atoms with Gasteiger partial charge >= 0.3 is 0 Å². The largest absolute Gasteiger partial charge is 0.388 e. The topological polar surface area (TPSA) is 35.5 Å². The van der Waals surface area contributed by atoms with Crippen molar-refractivity contribution in [1.29, 1.82) is 0 Å². The molecule has 0 aliphatic carbocycles. The Morgan fingerprint density at radius 3 is 2.63 bits per heavy atom. The van der Waals surface area contributed by atoms with Crippen molar-refractivity contribution in [2.24, 2.45) is 0 Å². The van der Waals surface area contributed by atoms with Crippen LogP contribution in [-0.4, -0.2) is 12.3 Å². The van der Waals surface area contributed by atoms with Gasteiger partial charge in [0, 0.05) is 23.2 Å². The molecule has 19 heavy (non-hydrogen) atoms. The van der Waals surface area contributed by atoms with Crippen molar-refractivity contribution in [2.45, 2.75) is 18.4 Å². The first kappa shape index (κ1) is 13.8. The Bertz CT molecular complexity index is 572. The molecule has 100 valence electrons. The second-order valence-corrected chi connectivity index (χ2v) is 4.94. The minimum absolute atomic E-state index is 0.431. The van der Waals surface area contributed by atoms with Gasteiger partial charge in [0.1, 0.15) is 0 Å². The highest BCUT2D eigenvalue weighted by molar-refractivity contribution is 7.80. The third-order valence-corrected chi connectivity index (χ3v) is 3.39. The Morgan fingerprint density at radius 1 is 1.21 bits per heavy atom. The molecule has 0 aliphatic rings. The number of hydroxylamine groups is 1. The number of hydrogen-bond acceptors (Lipinski definition) is 4. The third kappa shape index (κ3) is 3.22. The van der Waals surface area contributed by atoms with E-state index in [0.717, 1.165) is 27.4 Å². The first-order valence-corrected chi connectivity index (χ1v) is 6.58. The van der Waals surface area contributed by atoms with Crippen LogP contribution in [0.3, 0.4) is 0 Å². The summed E-state index contributed by atoms with van der Waals surface area (Å²) in [5.74, 6) is 0. The van der Waals surface area contributed by atoms with Gasteiger partial charge < -0.3 is 5.32 Å². The van der Waals surface area contributed by atoms with E-state index in [1.54, 1.807) is 0 Å². The fraction of sp³-hybridized carbons (Fsp3) is 0.200. The molecule has 0 bridgehead atoms. The highest BCUT2D eigenvalue weighted by Crippen LogP contribution is 2.24. The van der Waals surface area contributed by atoms with Crippen molar-refractivity contribution in [2.75, 3.05) is 17.4 Å². The zero-order valence-electron chi connectivity index (χ0n) is 11.1. The van der Waals surface area contributed by atoms with E-state index >= 15 is 0 Å². The van der Waals surface area contributed by atoms with E-state index < -0.39 is 0 Å². The average Bonchev–Trinajstić information content (AvgIpc) is 2.41. The molecule has 4 heteroatoms. The van der Waals surface area contributed by atoms with Gasteiger partial charge in [-0.25, -0.2) is 0 Å². The maximum Gasteiger partial charge on any atom is 0.0726 e. The molecule has 0 radical (unpaired) electrons. The number of benzene rings is 2. The van der Waals surface area contributed by atoms with E-state index in [1.165, 1.54) is 5.06 Å². The number of nitrogens with one attached hydrogen (secondary N) is 1. The lowest BCUT2D eigenvalue weighted by molar-refractivity contribution is 0.249. The Kier molecular flexibility index (Phi) is 4.35. The maximum atomic E-state index is 10.2. The van der Waals surface area contributed by atoms with Gasteiger partial charge in [0.15, 0.2) is 0 Å². The summed E-state index contributed by atoms with van der Waals surface area (Å²) in [5.41, 5.74) is 3.99. The maximum absolute atomic E-state index is 10.2. The molecule has 0 spiro atoms. The van der Waals surface area contributed by atoms with Gasteiger partial charge in [-0.15, -0.1) is 12.6 Å². The van der Waals surface area contributed by atoms with Crippen molar-refractivity contribution in [3.8, 4) is 0 Å². The molecular formula is C15H18N2OS. The summed E-state index contributed by atoms with van der Waals surface area (Å²) in [5, 5.41) is 14.6. The van der Waals surface area contributed by atoms with Gasteiger partial charge in [-0.2, -0.15) is 0 Å². The van der Waals surface area contributed by atoms with Gasteiger partial charge in [0.05, 0.1) is 12.2 Å². The molecule has 0 saturated carbocycles. The van der Waals surface area contributed by atoms with Gasteiger partial charge in [-0.1, -0.05) is 18.2 Å². The Balaban J connectivity index is 2.26. The smallest absolute Gasteiger partial charge is 0.0726 e. The minimum atomic E-state index is 0.431. The van der Waals surface area contributed by atoms with Gasteiger partial charge in [-0.3, -0.25) is 10.3 Å². The zero-order chi connectivity index (χ0) is 13.8. The summed E-state index contributed by atoms with van der Waals surface area (Å²) in [6, 6.07) is 13.5. The van der Waals surface area contributed by atoms with Crippen molar-refractivity contribution in [3.63, 3.8) is 0 Å². The van der Waals surface area contributed by atoms with E-state index in [1.807, 2.05) is 56.4 Å². The number of anilines is 2. The van der Waals surface area contributed by atoms with E-state index in [-0.39, 0.29) is 0 Å². The van der Waals surface area contributed by atoms with Crippen molar-refractivity contribution >= 4 is 24.0 Å². The van der Waals surface area contributed by atoms with Crippen LogP contribution in [0, 0.1) is 6.92 Å². The molecule has 3 nitrogen and oxygen atoms in total. The summed E-state index contributed by atoms with van der Waals surface area (Å²) >= 11 is 4.28. The number of hydrogen-bond donors (Lipinski definition) is 3. The fourth-order valence-corrected chi connectivity index (χ4v) is 2.26. The predicted octanol–water partition coefficient (Wildman–Crippen LogP) is 3.72. The Hall–Kier alpha value is -1.65. The highest BCUT2D eigenvalue weighted by atomic mass is 32.1. The van der Waals surface area contributed by atoms with Crippen LogP contribution in [0.15, 0.2) is 47.4 Å². The number of aryl methyl sites for hydroxylation is 1. The monoisotopic (exact) mass is 274 g/mol. The molecule has 2 aromatic carbocycles. The highest BCUT2D eigenvalue weighted by Gasteiger charge is 2.10. The summed E-state index contributed by atoms with van der Waals surface area (Å²) in [6.07, 6.45) is 0. The van der Waals surface area contributed by atoms with E-state index in [0.29, 0.717) is 6.54 Å². The Labute approximate surface area is 119 Å². The molecule has 0 aromatic heterocycles. The standard InChI is InChI=1S/C15H18N2OS/c1-11-5-3-8-15(16-2)14(11)10-17(18)12-6-4-7-13(19)9-12/h3-9,16,18-19H,10H2,1-2H3. The average molecular weight is 274 g/mol. The van der Waals surface area contributed by atoms with Crippen LogP contribution in [-0.2, 0) is 6.54 Å². The molecule has 2 aromatic rings. The van der Waals surface area contributed by atoms with Crippen LogP contribution in [0.1, 0.15) is 11.1 Å². The quantitative estimate of drug-likeness (QED) is 0.587. The van der Waals surface area contributed by atoms with Crippen LogP contribution >= 0.6 is 12.6 Å².